The van der Waals surface area contributed by atoms with Crippen molar-refractivity contribution in [1.29, 1.82) is 0 Å². The van der Waals surface area contributed by atoms with Crippen molar-refractivity contribution < 1.29 is 18.0 Å². The number of alkyl halides is 3. The average molecular weight is 420 g/mol. The fourth-order valence-corrected chi connectivity index (χ4v) is 3.44. The Morgan fingerprint density at radius 2 is 2.16 bits per heavy atom. The lowest BCUT2D eigenvalue weighted by atomic mass is 10.2. The highest BCUT2D eigenvalue weighted by Crippen LogP contribution is 2.46. The standard InChI is InChI=1S/C15H17BrF3N5O/c1-23-10(4-6-21-23)8-20-11(25)5-7-24-13(9-2-3-9)12(16)14(22-24)15(17,18)19/h4,6,9H,2-3,5,7-8H2,1H3,(H,20,25). The molecule has 0 saturated heterocycles. The minimum absolute atomic E-state index is 0.00204. The van der Waals surface area contributed by atoms with Crippen LogP contribution in [0.3, 0.4) is 0 Å². The van der Waals surface area contributed by atoms with Crippen LogP contribution in [0.2, 0.25) is 0 Å². The fraction of sp³-hybridized carbons (Fsp3) is 0.533. The van der Waals surface area contributed by atoms with Crippen molar-refractivity contribution in [2.24, 2.45) is 7.05 Å². The summed E-state index contributed by atoms with van der Waals surface area (Å²) in [5.41, 5.74) is 0.449. The molecule has 0 bridgehead atoms. The number of carbonyl (C=O) groups is 1. The van der Waals surface area contributed by atoms with E-state index in [0.717, 1.165) is 18.5 Å². The van der Waals surface area contributed by atoms with E-state index in [0.29, 0.717) is 12.2 Å². The van der Waals surface area contributed by atoms with Crippen LogP contribution in [-0.2, 0) is 31.1 Å². The van der Waals surface area contributed by atoms with E-state index in [2.05, 4.69) is 31.4 Å². The van der Waals surface area contributed by atoms with Crippen molar-refractivity contribution in [3.8, 4) is 0 Å². The van der Waals surface area contributed by atoms with Gasteiger partial charge < -0.3 is 5.32 Å². The molecule has 1 saturated carbocycles. The first-order chi connectivity index (χ1) is 11.8. The Morgan fingerprint density at radius 3 is 2.72 bits per heavy atom. The van der Waals surface area contributed by atoms with Gasteiger partial charge in [-0.2, -0.15) is 23.4 Å². The third-order valence-corrected chi connectivity index (χ3v) is 4.89. The summed E-state index contributed by atoms with van der Waals surface area (Å²) in [7, 11) is 1.77. The molecular weight excluding hydrogens is 403 g/mol. The summed E-state index contributed by atoms with van der Waals surface area (Å²) in [4.78, 5) is 12.0. The van der Waals surface area contributed by atoms with Gasteiger partial charge in [0.2, 0.25) is 5.91 Å². The van der Waals surface area contributed by atoms with Gasteiger partial charge in [0.25, 0.3) is 0 Å². The normalized spacial score (nSPS) is 14.8. The van der Waals surface area contributed by atoms with Crippen molar-refractivity contribution in [3.63, 3.8) is 0 Å². The highest BCUT2D eigenvalue weighted by Gasteiger charge is 2.41. The topological polar surface area (TPSA) is 64.7 Å². The van der Waals surface area contributed by atoms with E-state index in [1.165, 1.54) is 4.68 Å². The Labute approximate surface area is 150 Å². The second-order valence-corrected chi connectivity index (χ2v) is 6.81. The summed E-state index contributed by atoms with van der Waals surface area (Å²) >= 11 is 3.04. The third-order valence-electron chi connectivity index (χ3n) is 4.10. The number of hydrogen-bond acceptors (Lipinski definition) is 3. The largest absolute Gasteiger partial charge is 0.436 e. The van der Waals surface area contributed by atoms with E-state index in [1.54, 1.807) is 24.0 Å². The number of carbonyl (C=O) groups excluding carboxylic acids is 1. The van der Waals surface area contributed by atoms with Crippen LogP contribution in [-0.4, -0.2) is 25.5 Å². The predicted molar refractivity (Wildman–Crippen MR) is 86.6 cm³/mol. The highest BCUT2D eigenvalue weighted by molar-refractivity contribution is 9.10. The summed E-state index contributed by atoms with van der Waals surface area (Å²) < 4.78 is 42.1. The van der Waals surface area contributed by atoms with Crippen LogP contribution >= 0.6 is 15.9 Å². The summed E-state index contributed by atoms with van der Waals surface area (Å²) in [6.45, 7) is 0.430. The number of amides is 1. The molecule has 0 spiro atoms. The molecule has 0 unspecified atom stereocenters. The molecular formula is C15H17BrF3N5O. The average Bonchev–Trinajstić information content (AvgIpc) is 3.19. The number of nitrogens with one attached hydrogen (secondary N) is 1. The number of nitrogens with zero attached hydrogens (tertiary/aromatic N) is 4. The molecule has 136 valence electrons. The Balaban J connectivity index is 1.64. The van der Waals surface area contributed by atoms with Gasteiger partial charge in [-0.15, -0.1) is 0 Å². The first-order valence-corrected chi connectivity index (χ1v) is 8.63. The molecule has 1 aliphatic carbocycles. The second kappa shape index (κ2) is 6.81. The summed E-state index contributed by atoms with van der Waals surface area (Å²) in [6, 6.07) is 1.78. The first-order valence-electron chi connectivity index (χ1n) is 7.84. The Hall–Kier alpha value is -1.84. The molecule has 0 radical (unpaired) electrons. The lowest BCUT2D eigenvalue weighted by Gasteiger charge is -2.08. The van der Waals surface area contributed by atoms with Gasteiger partial charge in [0, 0.05) is 25.6 Å². The number of aromatic nitrogens is 4. The minimum Gasteiger partial charge on any atom is -0.350 e. The zero-order chi connectivity index (χ0) is 18.2. The van der Waals surface area contributed by atoms with Crippen LogP contribution in [0.5, 0.6) is 0 Å². The van der Waals surface area contributed by atoms with Crippen molar-refractivity contribution in [1.82, 2.24) is 24.9 Å². The zero-order valence-corrected chi connectivity index (χ0v) is 15.1. The van der Waals surface area contributed by atoms with Gasteiger partial charge in [-0.1, -0.05) is 0 Å². The van der Waals surface area contributed by atoms with E-state index in [-0.39, 0.29) is 29.3 Å². The quantitative estimate of drug-likeness (QED) is 0.782. The van der Waals surface area contributed by atoms with Gasteiger partial charge in [-0.3, -0.25) is 14.2 Å². The van der Waals surface area contributed by atoms with Gasteiger partial charge in [0.15, 0.2) is 5.69 Å². The van der Waals surface area contributed by atoms with Gasteiger partial charge in [-0.25, -0.2) is 0 Å². The molecule has 0 aromatic carbocycles. The number of halogens is 4. The van der Waals surface area contributed by atoms with Gasteiger partial charge in [-0.05, 0) is 34.8 Å². The summed E-state index contributed by atoms with van der Waals surface area (Å²) in [5.74, 6) is -0.168. The van der Waals surface area contributed by atoms with Gasteiger partial charge in [0.1, 0.15) is 0 Å². The molecule has 1 N–H and O–H groups in total. The molecule has 3 rings (SSSR count). The van der Waals surface area contributed by atoms with Crippen LogP contribution in [0.4, 0.5) is 13.2 Å². The Kier molecular flexibility index (Phi) is 4.90. The second-order valence-electron chi connectivity index (χ2n) is 6.02. The molecule has 6 nitrogen and oxygen atoms in total. The van der Waals surface area contributed by atoms with Crippen LogP contribution in [0, 0.1) is 0 Å². The van der Waals surface area contributed by atoms with Crippen molar-refractivity contribution >= 4 is 21.8 Å². The smallest absolute Gasteiger partial charge is 0.350 e. The third kappa shape index (κ3) is 4.05. The summed E-state index contributed by atoms with van der Waals surface area (Å²) in [6.07, 6.45) is -1.15. The highest BCUT2D eigenvalue weighted by atomic mass is 79.9. The molecule has 2 aromatic heterocycles. The zero-order valence-electron chi connectivity index (χ0n) is 13.5. The molecule has 0 aliphatic heterocycles. The van der Waals surface area contributed by atoms with Crippen LogP contribution in [0.15, 0.2) is 16.7 Å². The van der Waals surface area contributed by atoms with Crippen LogP contribution in [0.1, 0.15) is 42.3 Å². The molecule has 1 aliphatic rings. The Bertz CT molecular complexity index is 779. The fourth-order valence-electron chi connectivity index (χ4n) is 2.61. The van der Waals surface area contributed by atoms with E-state index in [4.69, 9.17) is 0 Å². The minimum atomic E-state index is -4.52. The van der Waals surface area contributed by atoms with E-state index in [9.17, 15) is 18.0 Å². The number of aryl methyl sites for hydroxylation is 2. The van der Waals surface area contributed by atoms with E-state index in [1.807, 2.05) is 0 Å². The molecule has 0 atom stereocenters. The predicted octanol–water partition coefficient (Wildman–Crippen LogP) is 2.98. The Morgan fingerprint density at radius 1 is 1.44 bits per heavy atom. The molecule has 1 amide bonds. The lowest BCUT2D eigenvalue weighted by Crippen LogP contribution is -2.25. The number of hydrogen-bond donors (Lipinski definition) is 1. The van der Waals surface area contributed by atoms with Gasteiger partial charge >= 0.3 is 6.18 Å². The number of rotatable bonds is 6. The van der Waals surface area contributed by atoms with Gasteiger partial charge in [0.05, 0.1) is 29.0 Å². The van der Waals surface area contributed by atoms with Crippen molar-refractivity contribution in [2.45, 2.75) is 44.4 Å². The molecule has 2 heterocycles. The maximum absolute atomic E-state index is 13.0. The van der Waals surface area contributed by atoms with Crippen molar-refractivity contribution in [2.75, 3.05) is 0 Å². The molecule has 2 aromatic rings. The lowest BCUT2D eigenvalue weighted by molar-refractivity contribution is -0.142. The SMILES string of the molecule is Cn1nccc1CNC(=O)CCn1nc(C(F)(F)F)c(Br)c1C1CC1. The van der Waals surface area contributed by atoms with E-state index >= 15 is 0 Å². The first kappa shape index (κ1) is 18.0. The van der Waals surface area contributed by atoms with Crippen molar-refractivity contribution in [3.05, 3.63) is 33.8 Å². The summed E-state index contributed by atoms with van der Waals surface area (Å²) in [5, 5.41) is 10.4. The molecule has 25 heavy (non-hydrogen) atoms. The van der Waals surface area contributed by atoms with Crippen LogP contribution in [0.25, 0.3) is 0 Å². The molecule has 10 heteroatoms. The maximum atomic E-state index is 13.0. The van der Waals surface area contributed by atoms with E-state index < -0.39 is 11.9 Å². The maximum Gasteiger partial charge on any atom is 0.436 e. The molecule has 1 fully saturated rings. The monoisotopic (exact) mass is 419 g/mol. The van der Waals surface area contributed by atoms with Crippen LogP contribution < -0.4 is 5.32 Å².